The second-order valence-electron chi connectivity index (χ2n) is 6.02. The van der Waals surface area contributed by atoms with Gasteiger partial charge in [0, 0.05) is 53.2 Å². The predicted molar refractivity (Wildman–Crippen MR) is 95.9 cm³/mol. The molecule has 0 amide bonds. The van der Waals surface area contributed by atoms with E-state index < -0.39 is 10.8 Å². The van der Waals surface area contributed by atoms with E-state index >= 15 is 0 Å². The van der Waals surface area contributed by atoms with Crippen molar-refractivity contribution in [3.05, 3.63) is 18.0 Å². The Bertz CT molecular complexity index is 542. The van der Waals surface area contributed by atoms with E-state index in [-0.39, 0.29) is 0 Å². The molecule has 0 bridgehead atoms. The SMILES string of the molecule is CCNC(=NCc1cnn(C)c1)NC1CCCC(S(=O)CC)C1. The third-order valence-electron chi connectivity index (χ3n) is 4.15. The van der Waals surface area contributed by atoms with E-state index in [1.807, 2.05) is 26.4 Å². The lowest BCUT2D eigenvalue weighted by atomic mass is 9.95. The summed E-state index contributed by atoms with van der Waals surface area (Å²) in [6.45, 7) is 5.51. The highest BCUT2D eigenvalue weighted by atomic mass is 32.2. The Balaban J connectivity index is 1.93. The topological polar surface area (TPSA) is 71.3 Å². The standard InChI is InChI=1S/C16H29N5OS/c1-4-17-16(18-10-13-11-19-21(3)12-13)20-14-7-6-8-15(9-14)23(22)5-2/h11-12,14-15H,4-10H2,1-3H3,(H2,17,18,20). The maximum atomic E-state index is 12.1. The summed E-state index contributed by atoms with van der Waals surface area (Å²) < 4.78 is 13.9. The van der Waals surface area contributed by atoms with Crippen molar-refractivity contribution in [2.75, 3.05) is 12.3 Å². The zero-order chi connectivity index (χ0) is 16.7. The van der Waals surface area contributed by atoms with Gasteiger partial charge in [-0.1, -0.05) is 13.3 Å². The van der Waals surface area contributed by atoms with E-state index in [0.717, 1.165) is 49.5 Å². The highest BCUT2D eigenvalue weighted by molar-refractivity contribution is 7.85. The molecule has 1 heterocycles. The zero-order valence-electron chi connectivity index (χ0n) is 14.4. The molecule has 1 fully saturated rings. The smallest absolute Gasteiger partial charge is 0.191 e. The van der Waals surface area contributed by atoms with Crippen LogP contribution in [0.1, 0.15) is 45.1 Å². The molecule has 3 atom stereocenters. The third kappa shape index (κ3) is 5.64. The molecule has 0 spiro atoms. The lowest BCUT2D eigenvalue weighted by Crippen LogP contribution is -2.46. The first-order valence-electron chi connectivity index (χ1n) is 8.51. The van der Waals surface area contributed by atoms with Crippen LogP contribution in [0.4, 0.5) is 0 Å². The molecule has 0 aliphatic heterocycles. The molecule has 1 aliphatic rings. The first-order chi connectivity index (χ1) is 11.1. The van der Waals surface area contributed by atoms with Gasteiger partial charge in [0.15, 0.2) is 5.96 Å². The molecule has 6 nitrogen and oxygen atoms in total. The summed E-state index contributed by atoms with van der Waals surface area (Å²) in [5, 5.41) is 11.3. The molecule has 1 aromatic rings. The van der Waals surface area contributed by atoms with Crippen LogP contribution < -0.4 is 10.6 Å². The molecule has 0 aromatic carbocycles. The van der Waals surface area contributed by atoms with Gasteiger partial charge in [0.25, 0.3) is 0 Å². The lowest BCUT2D eigenvalue weighted by molar-refractivity contribution is 0.413. The van der Waals surface area contributed by atoms with Crippen LogP contribution in [0.15, 0.2) is 17.4 Å². The lowest BCUT2D eigenvalue weighted by Gasteiger charge is -2.30. The maximum Gasteiger partial charge on any atom is 0.191 e. The molecule has 23 heavy (non-hydrogen) atoms. The second kappa shape index (κ2) is 9.05. The van der Waals surface area contributed by atoms with Crippen LogP contribution in [-0.4, -0.2) is 43.5 Å². The van der Waals surface area contributed by atoms with Crippen molar-refractivity contribution in [2.24, 2.45) is 12.0 Å². The largest absolute Gasteiger partial charge is 0.357 e. The molecular formula is C16H29N5OS. The minimum absolute atomic E-state index is 0.326. The monoisotopic (exact) mass is 339 g/mol. The molecule has 130 valence electrons. The number of nitrogens with zero attached hydrogens (tertiary/aromatic N) is 3. The Hall–Kier alpha value is -1.37. The number of nitrogens with one attached hydrogen (secondary N) is 2. The van der Waals surface area contributed by atoms with Crippen LogP contribution in [0.2, 0.25) is 0 Å². The van der Waals surface area contributed by atoms with E-state index in [1.54, 1.807) is 4.68 Å². The second-order valence-corrected chi connectivity index (χ2v) is 8.02. The molecule has 2 N–H and O–H groups in total. The molecule has 0 saturated heterocycles. The van der Waals surface area contributed by atoms with Crippen LogP contribution in [0.25, 0.3) is 0 Å². The Morgan fingerprint density at radius 1 is 1.48 bits per heavy atom. The van der Waals surface area contributed by atoms with Gasteiger partial charge in [0.2, 0.25) is 0 Å². The number of aryl methyl sites for hydroxylation is 1. The van der Waals surface area contributed by atoms with Crippen LogP contribution in [0.5, 0.6) is 0 Å². The predicted octanol–water partition coefficient (Wildman–Crippen LogP) is 1.55. The van der Waals surface area contributed by atoms with Gasteiger partial charge in [-0.2, -0.15) is 5.10 Å². The molecule has 1 aromatic heterocycles. The minimum Gasteiger partial charge on any atom is -0.357 e. The quantitative estimate of drug-likeness (QED) is 0.609. The zero-order valence-corrected chi connectivity index (χ0v) is 15.2. The van der Waals surface area contributed by atoms with Gasteiger partial charge >= 0.3 is 0 Å². The van der Waals surface area contributed by atoms with Gasteiger partial charge in [-0.05, 0) is 26.2 Å². The van der Waals surface area contributed by atoms with E-state index in [2.05, 4.69) is 27.6 Å². The summed E-state index contributed by atoms with van der Waals surface area (Å²) in [4.78, 5) is 4.65. The number of rotatable bonds is 6. The number of hydrogen-bond donors (Lipinski definition) is 2. The molecule has 1 aliphatic carbocycles. The van der Waals surface area contributed by atoms with Crippen LogP contribution in [0.3, 0.4) is 0 Å². The summed E-state index contributed by atoms with van der Waals surface area (Å²) in [6.07, 6.45) is 8.13. The molecule has 3 unspecified atom stereocenters. The number of aromatic nitrogens is 2. The number of guanidine groups is 1. The highest BCUT2D eigenvalue weighted by Gasteiger charge is 2.25. The number of hydrogen-bond acceptors (Lipinski definition) is 3. The molecule has 1 saturated carbocycles. The van der Waals surface area contributed by atoms with Crippen molar-refractivity contribution < 1.29 is 4.21 Å². The van der Waals surface area contributed by atoms with Crippen LogP contribution in [-0.2, 0) is 24.4 Å². The first kappa shape index (κ1) is 18.0. The summed E-state index contributed by atoms with van der Waals surface area (Å²) in [7, 11) is 1.21. The van der Waals surface area contributed by atoms with Crippen molar-refractivity contribution >= 4 is 16.8 Å². The van der Waals surface area contributed by atoms with Crippen molar-refractivity contribution in [2.45, 2.75) is 57.4 Å². The van der Waals surface area contributed by atoms with Gasteiger partial charge in [-0.3, -0.25) is 8.89 Å². The van der Waals surface area contributed by atoms with Crippen molar-refractivity contribution in [1.82, 2.24) is 20.4 Å². The van der Waals surface area contributed by atoms with Crippen LogP contribution >= 0.6 is 0 Å². The Morgan fingerprint density at radius 2 is 2.30 bits per heavy atom. The fraction of sp³-hybridized carbons (Fsp3) is 0.750. The molecule has 7 heteroatoms. The van der Waals surface area contributed by atoms with Crippen molar-refractivity contribution in [3.8, 4) is 0 Å². The van der Waals surface area contributed by atoms with Crippen molar-refractivity contribution in [1.29, 1.82) is 0 Å². The summed E-state index contributed by atoms with van der Waals surface area (Å²) in [5.41, 5.74) is 1.10. The highest BCUT2D eigenvalue weighted by Crippen LogP contribution is 2.23. The molecular weight excluding hydrogens is 310 g/mol. The van der Waals surface area contributed by atoms with Gasteiger partial charge in [0.1, 0.15) is 0 Å². The van der Waals surface area contributed by atoms with E-state index in [1.165, 1.54) is 0 Å². The fourth-order valence-electron chi connectivity index (χ4n) is 2.99. The van der Waals surface area contributed by atoms with E-state index in [9.17, 15) is 4.21 Å². The summed E-state index contributed by atoms with van der Waals surface area (Å²) in [6, 6.07) is 0.357. The van der Waals surface area contributed by atoms with E-state index in [0.29, 0.717) is 17.8 Å². The minimum atomic E-state index is -0.695. The Labute approximate surface area is 141 Å². The summed E-state index contributed by atoms with van der Waals surface area (Å²) in [5.74, 6) is 1.59. The molecule has 2 rings (SSSR count). The van der Waals surface area contributed by atoms with Crippen molar-refractivity contribution in [3.63, 3.8) is 0 Å². The Morgan fingerprint density at radius 3 is 2.96 bits per heavy atom. The van der Waals surface area contributed by atoms with Gasteiger partial charge < -0.3 is 10.6 Å². The van der Waals surface area contributed by atoms with Gasteiger partial charge in [0.05, 0.1) is 12.7 Å². The first-order valence-corrected chi connectivity index (χ1v) is 9.90. The third-order valence-corrected chi connectivity index (χ3v) is 5.89. The molecule has 0 radical (unpaired) electrons. The van der Waals surface area contributed by atoms with Crippen LogP contribution in [0, 0.1) is 0 Å². The average Bonchev–Trinajstić information content (AvgIpc) is 2.98. The fourth-order valence-corrected chi connectivity index (χ4v) is 4.34. The Kier molecular flexibility index (Phi) is 7.08. The summed E-state index contributed by atoms with van der Waals surface area (Å²) >= 11 is 0. The van der Waals surface area contributed by atoms with Gasteiger partial charge in [-0.15, -0.1) is 0 Å². The average molecular weight is 340 g/mol. The van der Waals surface area contributed by atoms with E-state index in [4.69, 9.17) is 0 Å². The number of aliphatic imine (C=N–C) groups is 1. The normalized spacial score (nSPS) is 23.5. The van der Waals surface area contributed by atoms with Gasteiger partial charge in [-0.25, -0.2) is 4.99 Å². The maximum absolute atomic E-state index is 12.1.